The summed E-state index contributed by atoms with van der Waals surface area (Å²) in [6.45, 7) is 13.6. The fourth-order valence-electron chi connectivity index (χ4n) is 2.09. The minimum absolute atomic E-state index is 0.0558. The second-order valence-electron chi connectivity index (χ2n) is 8.03. The zero-order chi connectivity index (χ0) is 17.6. The summed E-state index contributed by atoms with van der Waals surface area (Å²) in [6.07, 6.45) is 0. The SMILES string of the molecule is CC(C)(C)C(=O)Nc1ccc(Cl)c(B2OC(C)(C)C(C)(C)O2)c1. The van der Waals surface area contributed by atoms with Gasteiger partial charge in [0.25, 0.3) is 0 Å². The Kier molecular flexibility index (Phi) is 4.61. The highest BCUT2D eigenvalue weighted by Crippen LogP contribution is 2.37. The van der Waals surface area contributed by atoms with Crippen molar-refractivity contribution < 1.29 is 14.1 Å². The van der Waals surface area contributed by atoms with Gasteiger partial charge in [-0.3, -0.25) is 4.79 Å². The van der Waals surface area contributed by atoms with Crippen LogP contribution in [0.25, 0.3) is 0 Å². The Morgan fingerprint density at radius 2 is 1.65 bits per heavy atom. The Bertz CT molecular complexity index is 607. The van der Waals surface area contributed by atoms with Crippen LogP contribution in [0.4, 0.5) is 5.69 Å². The molecule has 0 aromatic heterocycles. The zero-order valence-corrected chi connectivity index (χ0v) is 15.7. The maximum absolute atomic E-state index is 12.2. The minimum Gasteiger partial charge on any atom is -0.399 e. The highest BCUT2D eigenvalue weighted by atomic mass is 35.5. The molecule has 1 heterocycles. The number of carbonyl (C=O) groups excluding carboxylic acids is 1. The molecule has 0 saturated carbocycles. The molecule has 1 aromatic carbocycles. The van der Waals surface area contributed by atoms with Crippen LogP contribution in [-0.4, -0.2) is 24.2 Å². The van der Waals surface area contributed by atoms with Crippen molar-refractivity contribution >= 4 is 35.8 Å². The van der Waals surface area contributed by atoms with E-state index in [2.05, 4.69) is 5.32 Å². The second kappa shape index (κ2) is 5.80. The monoisotopic (exact) mass is 337 g/mol. The van der Waals surface area contributed by atoms with Gasteiger partial charge in [-0.15, -0.1) is 0 Å². The van der Waals surface area contributed by atoms with Crippen LogP contribution in [0.3, 0.4) is 0 Å². The molecule has 1 aliphatic heterocycles. The molecular formula is C17H25BClNO3. The lowest BCUT2D eigenvalue weighted by Crippen LogP contribution is -2.41. The van der Waals surface area contributed by atoms with Gasteiger partial charge in [-0.1, -0.05) is 32.4 Å². The summed E-state index contributed by atoms with van der Waals surface area (Å²) in [5.41, 5.74) is 0.0534. The highest BCUT2D eigenvalue weighted by Gasteiger charge is 2.52. The van der Waals surface area contributed by atoms with Gasteiger partial charge in [-0.25, -0.2) is 0 Å². The molecule has 23 heavy (non-hydrogen) atoms. The molecule has 1 aromatic rings. The standard InChI is InChI=1S/C17H25BClNO3/c1-15(2,3)14(21)20-11-8-9-13(19)12(10-11)18-22-16(4,5)17(6,7)23-18/h8-10H,1-7H3,(H,20,21). The van der Waals surface area contributed by atoms with Crippen LogP contribution in [0.2, 0.25) is 5.02 Å². The van der Waals surface area contributed by atoms with Crippen LogP contribution in [0.15, 0.2) is 18.2 Å². The Morgan fingerprint density at radius 1 is 1.13 bits per heavy atom. The van der Waals surface area contributed by atoms with E-state index < -0.39 is 23.7 Å². The topological polar surface area (TPSA) is 47.6 Å². The smallest absolute Gasteiger partial charge is 0.399 e. The molecule has 0 atom stereocenters. The molecule has 1 aliphatic rings. The quantitative estimate of drug-likeness (QED) is 0.838. The summed E-state index contributed by atoms with van der Waals surface area (Å²) in [4.78, 5) is 12.2. The number of rotatable bonds is 2. The molecule has 2 rings (SSSR count). The predicted octanol–water partition coefficient (Wildman–Crippen LogP) is 3.62. The van der Waals surface area contributed by atoms with Crippen molar-refractivity contribution in [2.24, 2.45) is 5.41 Å². The van der Waals surface area contributed by atoms with E-state index in [0.29, 0.717) is 10.7 Å². The molecule has 0 unspecified atom stereocenters. The summed E-state index contributed by atoms with van der Waals surface area (Å²) in [6, 6.07) is 5.34. The van der Waals surface area contributed by atoms with Crippen LogP contribution in [0, 0.1) is 5.41 Å². The Labute approximate surface area is 144 Å². The van der Waals surface area contributed by atoms with Gasteiger partial charge in [0.2, 0.25) is 5.91 Å². The number of halogens is 1. The van der Waals surface area contributed by atoms with Gasteiger partial charge in [0.15, 0.2) is 0 Å². The summed E-state index contributed by atoms with van der Waals surface area (Å²) in [5.74, 6) is -0.0558. The number of carbonyl (C=O) groups is 1. The summed E-state index contributed by atoms with van der Waals surface area (Å²) in [7, 11) is -0.556. The number of hydrogen-bond donors (Lipinski definition) is 1. The molecule has 6 heteroatoms. The number of amides is 1. The van der Waals surface area contributed by atoms with Crippen LogP contribution < -0.4 is 10.8 Å². The Hall–Kier alpha value is -1.04. The lowest BCUT2D eigenvalue weighted by molar-refractivity contribution is -0.123. The number of benzene rings is 1. The van der Waals surface area contributed by atoms with Gasteiger partial charge < -0.3 is 14.6 Å². The fourth-order valence-corrected chi connectivity index (χ4v) is 2.30. The van der Waals surface area contributed by atoms with E-state index in [1.165, 1.54) is 0 Å². The van der Waals surface area contributed by atoms with Crippen molar-refractivity contribution in [3.05, 3.63) is 23.2 Å². The first-order valence-electron chi connectivity index (χ1n) is 7.80. The van der Waals surface area contributed by atoms with Crippen LogP contribution in [0.1, 0.15) is 48.5 Å². The summed E-state index contributed by atoms with van der Waals surface area (Å²) >= 11 is 6.32. The van der Waals surface area contributed by atoms with Gasteiger partial charge in [-0.05, 0) is 45.9 Å². The summed E-state index contributed by atoms with van der Waals surface area (Å²) in [5, 5.41) is 3.46. The predicted molar refractivity (Wildman–Crippen MR) is 95.3 cm³/mol. The van der Waals surface area contributed by atoms with Crippen molar-refractivity contribution in [3.8, 4) is 0 Å². The number of nitrogens with one attached hydrogen (secondary N) is 1. The van der Waals surface area contributed by atoms with Crippen LogP contribution in [-0.2, 0) is 14.1 Å². The average molecular weight is 338 g/mol. The molecule has 1 amide bonds. The van der Waals surface area contributed by atoms with Gasteiger partial charge in [0, 0.05) is 21.6 Å². The lowest BCUT2D eigenvalue weighted by atomic mass is 9.78. The van der Waals surface area contributed by atoms with E-state index in [4.69, 9.17) is 20.9 Å². The average Bonchev–Trinajstić information content (AvgIpc) is 2.59. The molecule has 0 radical (unpaired) electrons. The van der Waals surface area contributed by atoms with Gasteiger partial charge in [0.05, 0.1) is 11.2 Å². The van der Waals surface area contributed by atoms with E-state index in [9.17, 15) is 4.79 Å². The molecule has 1 fully saturated rings. The van der Waals surface area contributed by atoms with Crippen molar-refractivity contribution in [2.45, 2.75) is 59.7 Å². The van der Waals surface area contributed by atoms with E-state index >= 15 is 0 Å². The molecule has 1 saturated heterocycles. The Balaban J connectivity index is 2.28. The van der Waals surface area contributed by atoms with Crippen molar-refractivity contribution in [3.63, 3.8) is 0 Å². The van der Waals surface area contributed by atoms with Gasteiger partial charge in [0.1, 0.15) is 0 Å². The van der Waals surface area contributed by atoms with Gasteiger partial charge in [-0.2, -0.15) is 0 Å². The minimum atomic E-state index is -0.556. The molecular weight excluding hydrogens is 312 g/mol. The van der Waals surface area contributed by atoms with Crippen molar-refractivity contribution in [1.29, 1.82) is 0 Å². The first-order valence-corrected chi connectivity index (χ1v) is 8.18. The molecule has 0 bridgehead atoms. The van der Waals surface area contributed by atoms with E-state index in [1.807, 2.05) is 54.5 Å². The number of hydrogen-bond acceptors (Lipinski definition) is 3. The van der Waals surface area contributed by atoms with Crippen molar-refractivity contribution in [2.75, 3.05) is 5.32 Å². The molecule has 126 valence electrons. The molecule has 4 nitrogen and oxygen atoms in total. The molecule has 0 spiro atoms. The van der Waals surface area contributed by atoms with Gasteiger partial charge >= 0.3 is 7.12 Å². The lowest BCUT2D eigenvalue weighted by Gasteiger charge is -2.32. The van der Waals surface area contributed by atoms with Crippen LogP contribution in [0.5, 0.6) is 0 Å². The maximum Gasteiger partial charge on any atom is 0.496 e. The van der Waals surface area contributed by atoms with E-state index in [-0.39, 0.29) is 5.91 Å². The first-order chi connectivity index (χ1) is 10.3. The third-order valence-electron chi connectivity index (χ3n) is 4.44. The fraction of sp³-hybridized carbons (Fsp3) is 0.588. The van der Waals surface area contributed by atoms with Crippen molar-refractivity contribution in [1.82, 2.24) is 0 Å². The normalized spacial score (nSPS) is 19.7. The molecule has 1 N–H and O–H groups in total. The Morgan fingerprint density at radius 3 is 2.13 bits per heavy atom. The maximum atomic E-state index is 12.2. The highest BCUT2D eigenvalue weighted by molar-refractivity contribution is 6.65. The summed E-state index contributed by atoms with van der Waals surface area (Å²) < 4.78 is 12.1. The second-order valence-corrected chi connectivity index (χ2v) is 8.44. The largest absolute Gasteiger partial charge is 0.496 e. The number of anilines is 1. The third-order valence-corrected chi connectivity index (χ3v) is 4.79. The van der Waals surface area contributed by atoms with Crippen LogP contribution >= 0.6 is 11.6 Å². The first kappa shape index (κ1) is 18.3. The molecule has 0 aliphatic carbocycles. The zero-order valence-electron chi connectivity index (χ0n) is 14.9. The van der Waals surface area contributed by atoms with E-state index in [1.54, 1.807) is 12.1 Å². The van der Waals surface area contributed by atoms with E-state index in [0.717, 1.165) is 5.46 Å². The third kappa shape index (κ3) is 3.73.